The monoisotopic (exact) mass is 160 g/mol. The molecule has 0 aliphatic heterocycles. The highest BCUT2D eigenvalue weighted by atomic mass is 14.8. The summed E-state index contributed by atoms with van der Waals surface area (Å²) in [6, 6.07) is 2.10. The van der Waals surface area contributed by atoms with Gasteiger partial charge >= 0.3 is 0 Å². The lowest BCUT2D eigenvalue weighted by molar-refractivity contribution is 1.11. The lowest BCUT2D eigenvalue weighted by Gasteiger charge is -2.03. The van der Waals surface area contributed by atoms with Crippen molar-refractivity contribution >= 4 is 10.9 Å². The first kappa shape index (κ1) is 7.35. The Morgan fingerprint density at radius 1 is 1.17 bits per heavy atom. The molecule has 0 saturated heterocycles. The van der Waals surface area contributed by atoms with Crippen LogP contribution < -0.4 is 0 Å². The fourth-order valence-corrected chi connectivity index (χ4v) is 1.57. The lowest BCUT2D eigenvalue weighted by Crippen LogP contribution is -1.91. The molecule has 12 heavy (non-hydrogen) atoms. The molecule has 1 N–H and O–H groups in total. The Hall–Kier alpha value is -1.31. The molecule has 0 fully saturated rings. The van der Waals surface area contributed by atoms with Gasteiger partial charge in [0.05, 0.1) is 11.2 Å². The Balaban J connectivity index is 2.97. The van der Waals surface area contributed by atoms with E-state index >= 15 is 0 Å². The Morgan fingerprint density at radius 2 is 1.92 bits per heavy atom. The second-order valence-electron chi connectivity index (χ2n) is 3.17. The van der Waals surface area contributed by atoms with Crippen LogP contribution in [0.25, 0.3) is 10.9 Å². The predicted octanol–water partition coefficient (Wildman–Crippen LogP) is 2.49. The zero-order chi connectivity index (χ0) is 8.72. The Labute approximate surface area is 71.6 Å². The van der Waals surface area contributed by atoms with Crippen LogP contribution in [0.1, 0.15) is 17.0 Å². The molecule has 0 aliphatic carbocycles. The van der Waals surface area contributed by atoms with E-state index < -0.39 is 0 Å². The summed E-state index contributed by atoms with van der Waals surface area (Å²) >= 11 is 0. The Morgan fingerprint density at radius 3 is 2.67 bits per heavy atom. The number of hydrogen-bond acceptors (Lipinski definition) is 1. The number of pyridine rings is 1. The van der Waals surface area contributed by atoms with Gasteiger partial charge in [0.25, 0.3) is 0 Å². The van der Waals surface area contributed by atoms with Crippen molar-refractivity contribution in [3.8, 4) is 0 Å². The average Bonchev–Trinajstić information content (AvgIpc) is 2.48. The zero-order valence-electron chi connectivity index (χ0n) is 7.60. The van der Waals surface area contributed by atoms with E-state index in [-0.39, 0.29) is 0 Å². The summed E-state index contributed by atoms with van der Waals surface area (Å²) in [6.45, 7) is 6.19. The van der Waals surface area contributed by atoms with Crippen molar-refractivity contribution in [3.63, 3.8) is 0 Å². The van der Waals surface area contributed by atoms with Crippen LogP contribution in [0.2, 0.25) is 0 Å². The molecule has 0 saturated carbocycles. The quantitative estimate of drug-likeness (QED) is 0.630. The van der Waals surface area contributed by atoms with Crippen LogP contribution in [-0.2, 0) is 0 Å². The highest BCUT2D eigenvalue weighted by Crippen LogP contribution is 2.20. The molecule has 2 nitrogen and oxygen atoms in total. The molecule has 62 valence electrons. The molecule has 2 heteroatoms. The van der Waals surface area contributed by atoms with Gasteiger partial charge in [-0.2, -0.15) is 0 Å². The number of nitrogens with one attached hydrogen (secondary N) is 1. The molecule has 2 rings (SSSR count). The molecule has 0 radical (unpaired) electrons. The molecule has 0 spiro atoms. The molecular weight excluding hydrogens is 148 g/mol. The van der Waals surface area contributed by atoms with Crippen LogP contribution in [0.15, 0.2) is 12.3 Å². The topological polar surface area (TPSA) is 28.7 Å². The summed E-state index contributed by atoms with van der Waals surface area (Å²) in [5.41, 5.74) is 4.65. The standard InChI is InChI=1S/C10H12N2/c1-6-7(2)12-8(3)10-9(6)4-5-11-10/h4-5,11H,1-3H3. The third-order valence-corrected chi connectivity index (χ3v) is 2.39. The molecule has 0 unspecified atom stereocenters. The highest BCUT2D eigenvalue weighted by molar-refractivity contribution is 5.84. The minimum absolute atomic E-state index is 1.08. The number of hydrogen-bond donors (Lipinski definition) is 1. The zero-order valence-corrected chi connectivity index (χ0v) is 7.60. The van der Waals surface area contributed by atoms with Gasteiger partial charge in [-0.05, 0) is 32.4 Å². The van der Waals surface area contributed by atoms with E-state index in [1.54, 1.807) is 0 Å². The number of rotatable bonds is 0. The SMILES string of the molecule is Cc1nc(C)c2[nH]ccc2c1C. The first-order valence-corrected chi connectivity index (χ1v) is 4.11. The van der Waals surface area contributed by atoms with Crippen molar-refractivity contribution in [2.75, 3.05) is 0 Å². The van der Waals surface area contributed by atoms with Gasteiger partial charge in [-0.15, -0.1) is 0 Å². The minimum Gasteiger partial charge on any atom is -0.360 e. The molecule has 2 heterocycles. The first-order chi connectivity index (χ1) is 5.70. The predicted molar refractivity (Wildman–Crippen MR) is 50.3 cm³/mol. The van der Waals surface area contributed by atoms with Crippen molar-refractivity contribution in [3.05, 3.63) is 29.2 Å². The highest BCUT2D eigenvalue weighted by Gasteiger charge is 2.04. The summed E-state index contributed by atoms with van der Waals surface area (Å²) < 4.78 is 0. The van der Waals surface area contributed by atoms with Crippen molar-refractivity contribution in [1.82, 2.24) is 9.97 Å². The normalized spacial score (nSPS) is 10.9. The van der Waals surface area contributed by atoms with E-state index in [2.05, 4.69) is 29.9 Å². The van der Waals surface area contributed by atoms with Crippen molar-refractivity contribution in [2.45, 2.75) is 20.8 Å². The van der Waals surface area contributed by atoms with Gasteiger partial charge in [-0.3, -0.25) is 4.98 Å². The molecule has 0 atom stereocenters. The smallest absolute Gasteiger partial charge is 0.0673 e. The summed E-state index contributed by atoms with van der Waals surface area (Å²) in [4.78, 5) is 7.64. The van der Waals surface area contributed by atoms with Crippen LogP contribution in [0.3, 0.4) is 0 Å². The first-order valence-electron chi connectivity index (χ1n) is 4.11. The fourth-order valence-electron chi connectivity index (χ4n) is 1.57. The Kier molecular flexibility index (Phi) is 1.43. The maximum absolute atomic E-state index is 4.44. The average molecular weight is 160 g/mol. The number of fused-ring (bicyclic) bond motifs is 1. The summed E-state index contributed by atoms with van der Waals surface area (Å²) in [7, 11) is 0. The van der Waals surface area contributed by atoms with Crippen LogP contribution >= 0.6 is 0 Å². The number of H-pyrrole nitrogens is 1. The second-order valence-corrected chi connectivity index (χ2v) is 3.17. The summed E-state index contributed by atoms with van der Waals surface area (Å²) in [5, 5.41) is 1.29. The molecule has 0 bridgehead atoms. The van der Waals surface area contributed by atoms with Gasteiger partial charge in [-0.25, -0.2) is 0 Å². The molecule has 0 amide bonds. The Bertz CT molecular complexity index is 427. The van der Waals surface area contributed by atoms with E-state index in [1.165, 1.54) is 10.9 Å². The number of aromatic nitrogens is 2. The van der Waals surface area contributed by atoms with Crippen LogP contribution in [0.4, 0.5) is 0 Å². The van der Waals surface area contributed by atoms with Gasteiger partial charge in [0.2, 0.25) is 0 Å². The summed E-state index contributed by atoms with van der Waals surface area (Å²) in [5.74, 6) is 0. The lowest BCUT2D eigenvalue weighted by atomic mass is 10.1. The number of nitrogens with zero attached hydrogens (tertiary/aromatic N) is 1. The third-order valence-electron chi connectivity index (χ3n) is 2.39. The molecule has 0 aliphatic rings. The van der Waals surface area contributed by atoms with Crippen LogP contribution in [-0.4, -0.2) is 9.97 Å². The number of aryl methyl sites for hydroxylation is 3. The molecule has 2 aromatic rings. The van der Waals surface area contributed by atoms with Crippen molar-refractivity contribution in [2.24, 2.45) is 0 Å². The van der Waals surface area contributed by atoms with Gasteiger partial charge in [0.1, 0.15) is 0 Å². The largest absolute Gasteiger partial charge is 0.360 e. The van der Waals surface area contributed by atoms with E-state index in [1.807, 2.05) is 13.1 Å². The van der Waals surface area contributed by atoms with Gasteiger partial charge in [-0.1, -0.05) is 0 Å². The van der Waals surface area contributed by atoms with Gasteiger partial charge in [0, 0.05) is 17.3 Å². The van der Waals surface area contributed by atoms with E-state index in [9.17, 15) is 0 Å². The van der Waals surface area contributed by atoms with Gasteiger partial charge in [0.15, 0.2) is 0 Å². The minimum atomic E-state index is 1.08. The maximum atomic E-state index is 4.44. The van der Waals surface area contributed by atoms with Crippen LogP contribution in [0, 0.1) is 20.8 Å². The van der Waals surface area contributed by atoms with E-state index in [4.69, 9.17) is 0 Å². The van der Waals surface area contributed by atoms with Gasteiger partial charge < -0.3 is 4.98 Å². The van der Waals surface area contributed by atoms with E-state index in [0.29, 0.717) is 0 Å². The number of aromatic amines is 1. The maximum Gasteiger partial charge on any atom is 0.0673 e. The molecule has 2 aromatic heterocycles. The molecular formula is C10H12N2. The fraction of sp³-hybridized carbons (Fsp3) is 0.300. The van der Waals surface area contributed by atoms with Crippen LogP contribution in [0.5, 0.6) is 0 Å². The summed E-state index contributed by atoms with van der Waals surface area (Å²) in [6.07, 6.45) is 1.96. The molecule has 0 aromatic carbocycles. The van der Waals surface area contributed by atoms with Crippen molar-refractivity contribution in [1.29, 1.82) is 0 Å². The second kappa shape index (κ2) is 2.34. The van der Waals surface area contributed by atoms with Crippen molar-refractivity contribution < 1.29 is 0 Å². The van der Waals surface area contributed by atoms with E-state index in [0.717, 1.165) is 16.9 Å². The third kappa shape index (κ3) is 0.843.